The molecule has 0 radical (unpaired) electrons. The fourth-order valence-electron chi connectivity index (χ4n) is 1.10. The molecule has 0 aliphatic heterocycles. The van der Waals surface area contributed by atoms with Gasteiger partial charge in [0.2, 0.25) is 5.96 Å². The van der Waals surface area contributed by atoms with Gasteiger partial charge in [-0.3, -0.25) is 10.4 Å². The molecule has 0 spiro atoms. The fraction of sp³-hybridized carbons (Fsp3) is 0.889. The van der Waals surface area contributed by atoms with Crippen LogP contribution in [0.2, 0.25) is 0 Å². The van der Waals surface area contributed by atoms with Crippen molar-refractivity contribution >= 4 is 5.96 Å². The number of nitrogens with one attached hydrogen (secondary N) is 2. The number of unbranched alkanes of at least 4 members (excludes halogenated alkanes) is 1. The van der Waals surface area contributed by atoms with E-state index in [1.165, 1.54) is 12.8 Å². The third-order valence-corrected chi connectivity index (χ3v) is 2.08. The Hall–Kier alpha value is -0.810. The van der Waals surface area contributed by atoms with Crippen molar-refractivity contribution in [2.45, 2.75) is 31.7 Å². The van der Waals surface area contributed by atoms with Crippen LogP contribution in [0, 0.1) is 0 Å². The maximum Gasteiger partial charge on any atom is 0.205 e. The number of nitrogens with zero attached hydrogens (tertiary/aromatic N) is 1. The summed E-state index contributed by atoms with van der Waals surface area (Å²) in [5, 5.41) is 3.21. The predicted molar refractivity (Wildman–Crippen MR) is 56.9 cm³/mol. The summed E-state index contributed by atoms with van der Waals surface area (Å²) in [5.74, 6) is 6.03. The molecule has 82 valence electrons. The molecule has 0 unspecified atom stereocenters. The molecule has 4 N–H and O–H groups in total. The third kappa shape index (κ3) is 5.04. The van der Waals surface area contributed by atoms with Gasteiger partial charge in [0.15, 0.2) is 0 Å². The van der Waals surface area contributed by atoms with E-state index in [0.717, 1.165) is 26.0 Å². The molecule has 14 heavy (non-hydrogen) atoms. The summed E-state index contributed by atoms with van der Waals surface area (Å²) in [6, 6.07) is 0.587. The molecule has 0 aromatic heterocycles. The lowest BCUT2D eigenvalue weighted by molar-refractivity contribution is 0.193. The lowest BCUT2D eigenvalue weighted by Gasteiger charge is -2.07. The molecule has 1 fully saturated rings. The number of ether oxygens (including phenoxy) is 1. The van der Waals surface area contributed by atoms with E-state index in [-0.39, 0.29) is 0 Å². The Balaban J connectivity index is 2.05. The normalized spacial score (nSPS) is 16.9. The van der Waals surface area contributed by atoms with Crippen molar-refractivity contribution in [1.29, 1.82) is 0 Å². The van der Waals surface area contributed by atoms with Gasteiger partial charge in [-0.2, -0.15) is 0 Å². The summed E-state index contributed by atoms with van der Waals surface area (Å²) in [6.07, 6.45) is 4.53. The number of hydrogen-bond donors (Lipinski definition) is 3. The predicted octanol–water partition coefficient (Wildman–Crippen LogP) is -0.0157. The van der Waals surface area contributed by atoms with Crippen LogP contribution in [0.15, 0.2) is 4.99 Å². The molecule has 0 heterocycles. The molecule has 0 aromatic carbocycles. The molecule has 5 nitrogen and oxygen atoms in total. The molecule has 1 saturated carbocycles. The van der Waals surface area contributed by atoms with Crippen molar-refractivity contribution in [3.63, 3.8) is 0 Å². The molecular weight excluding hydrogens is 180 g/mol. The van der Waals surface area contributed by atoms with E-state index in [1.54, 1.807) is 7.11 Å². The van der Waals surface area contributed by atoms with E-state index in [0.29, 0.717) is 12.0 Å². The SMILES string of the molecule is COCCCCN=C(NN)NC1CC1. The first-order valence-electron chi connectivity index (χ1n) is 5.13. The molecule has 0 aromatic rings. The van der Waals surface area contributed by atoms with E-state index >= 15 is 0 Å². The highest BCUT2D eigenvalue weighted by atomic mass is 16.5. The molecule has 0 bridgehead atoms. The number of hydrazine groups is 1. The first-order valence-corrected chi connectivity index (χ1v) is 5.13. The van der Waals surface area contributed by atoms with Gasteiger partial charge in [-0.05, 0) is 25.7 Å². The van der Waals surface area contributed by atoms with Crippen LogP contribution in [-0.2, 0) is 4.74 Å². The second kappa shape index (κ2) is 6.62. The van der Waals surface area contributed by atoms with Crippen LogP contribution in [0.25, 0.3) is 0 Å². The zero-order chi connectivity index (χ0) is 10.2. The van der Waals surface area contributed by atoms with Gasteiger partial charge in [0.25, 0.3) is 0 Å². The number of guanidine groups is 1. The minimum atomic E-state index is 0.587. The molecule has 1 aliphatic rings. The smallest absolute Gasteiger partial charge is 0.205 e. The summed E-state index contributed by atoms with van der Waals surface area (Å²) >= 11 is 0. The van der Waals surface area contributed by atoms with Crippen molar-refractivity contribution in [2.24, 2.45) is 10.8 Å². The standard InChI is InChI=1S/C9H20N4O/c1-14-7-3-2-6-11-9(13-10)12-8-4-5-8/h8H,2-7,10H2,1H3,(H2,11,12,13). The lowest BCUT2D eigenvalue weighted by Crippen LogP contribution is -2.42. The average Bonchev–Trinajstić information content (AvgIpc) is 2.99. The van der Waals surface area contributed by atoms with Crippen molar-refractivity contribution in [3.05, 3.63) is 0 Å². The van der Waals surface area contributed by atoms with Crippen LogP contribution in [0.3, 0.4) is 0 Å². The monoisotopic (exact) mass is 200 g/mol. The minimum Gasteiger partial charge on any atom is -0.385 e. The van der Waals surface area contributed by atoms with Gasteiger partial charge in [-0.25, -0.2) is 5.84 Å². The largest absolute Gasteiger partial charge is 0.385 e. The van der Waals surface area contributed by atoms with E-state index in [1.807, 2.05) is 0 Å². The molecule has 5 heteroatoms. The van der Waals surface area contributed by atoms with E-state index < -0.39 is 0 Å². The summed E-state index contributed by atoms with van der Waals surface area (Å²) in [4.78, 5) is 4.31. The highest BCUT2D eigenvalue weighted by Gasteiger charge is 2.21. The van der Waals surface area contributed by atoms with Gasteiger partial charge in [-0.15, -0.1) is 0 Å². The lowest BCUT2D eigenvalue weighted by atomic mass is 10.3. The van der Waals surface area contributed by atoms with Crippen LogP contribution in [0.1, 0.15) is 25.7 Å². The van der Waals surface area contributed by atoms with Gasteiger partial charge in [-0.1, -0.05) is 0 Å². The van der Waals surface area contributed by atoms with Crippen LogP contribution in [0.4, 0.5) is 0 Å². The molecule has 0 saturated heterocycles. The number of hydrogen-bond acceptors (Lipinski definition) is 3. The molecule has 1 rings (SSSR count). The summed E-state index contributed by atoms with van der Waals surface area (Å²) < 4.78 is 4.95. The van der Waals surface area contributed by atoms with Gasteiger partial charge in [0.1, 0.15) is 0 Å². The fourth-order valence-corrected chi connectivity index (χ4v) is 1.10. The zero-order valence-corrected chi connectivity index (χ0v) is 8.75. The highest BCUT2D eigenvalue weighted by Crippen LogP contribution is 2.18. The summed E-state index contributed by atoms with van der Waals surface area (Å²) in [5.41, 5.74) is 2.57. The minimum absolute atomic E-state index is 0.587. The molecule has 0 atom stereocenters. The van der Waals surface area contributed by atoms with Gasteiger partial charge in [0.05, 0.1) is 0 Å². The van der Waals surface area contributed by atoms with Crippen molar-refractivity contribution in [3.8, 4) is 0 Å². The maximum absolute atomic E-state index is 5.32. The van der Waals surface area contributed by atoms with Gasteiger partial charge >= 0.3 is 0 Å². The van der Waals surface area contributed by atoms with Crippen molar-refractivity contribution in [1.82, 2.24) is 10.7 Å². The summed E-state index contributed by atoms with van der Waals surface area (Å²) in [6.45, 7) is 1.60. The molecular formula is C9H20N4O. The van der Waals surface area contributed by atoms with Crippen LogP contribution < -0.4 is 16.6 Å². The Kier molecular flexibility index (Phi) is 5.32. The van der Waals surface area contributed by atoms with Crippen LogP contribution in [0.5, 0.6) is 0 Å². The molecule has 1 aliphatic carbocycles. The second-order valence-corrected chi connectivity index (χ2v) is 3.49. The first kappa shape index (κ1) is 11.3. The number of nitrogens with two attached hydrogens (primary N) is 1. The van der Waals surface area contributed by atoms with E-state index in [9.17, 15) is 0 Å². The van der Waals surface area contributed by atoms with Crippen LogP contribution in [-0.4, -0.2) is 32.3 Å². The average molecular weight is 200 g/mol. The van der Waals surface area contributed by atoms with Gasteiger partial charge in [0, 0.05) is 26.3 Å². The summed E-state index contributed by atoms with van der Waals surface area (Å²) in [7, 11) is 1.71. The second-order valence-electron chi connectivity index (χ2n) is 3.49. The Bertz CT molecular complexity index is 180. The first-order chi connectivity index (χ1) is 6.86. The van der Waals surface area contributed by atoms with Crippen LogP contribution >= 0.6 is 0 Å². The molecule has 0 amide bonds. The Labute approximate surface area is 85.1 Å². The Morgan fingerprint density at radius 3 is 2.86 bits per heavy atom. The van der Waals surface area contributed by atoms with Crippen molar-refractivity contribution < 1.29 is 4.74 Å². The van der Waals surface area contributed by atoms with E-state index in [4.69, 9.17) is 10.6 Å². The topological polar surface area (TPSA) is 71.7 Å². The quantitative estimate of drug-likeness (QED) is 0.185. The Morgan fingerprint density at radius 2 is 2.29 bits per heavy atom. The van der Waals surface area contributed by atoms with Gasteiger partial charge < -0.3 is 10.1 Å². The number of aliphatic imine (C=N–C) groups is 1. The zero-order valence-electron chi connectivity index (χ0n) is 8.75. The Morgan fingerprint density at radius 1 is 1.50 bits per heavy atom. The number of rotatable bonds is 6. The third-order valence-electron chi connectivity index (χ3n) is 2.08. The van der Waals surface area contributed by atoms with Crippen molar-refractivity contribution in [2.75, 3.05) is 20.3 Å². The maximum atomic E-state index is 5.32. The number of methoxy groups -OCH3 is 1. The van der Waals surface area contributed by atoms with E-state index in [2.05, 4.69) is 15.7 Å². The highest BCUT2D eigenvalue weighted by molar-refractivity contribution is 5.79.